The van der Waals surface area contributed by atoms with Gasteiger partial charge in [-0.3, -0.25) is 4.79 Å². The lowest BCUT2D eigenvalue weighted by Gasteiger charge is -2.20. The molecule has 0 saturated heterocycles. The Hall–Kier alpha value is -2.64. The van der Waals surface area contributed by atoms with Gasteiger partial charge in [0, 0.05) is 31.8 Å². The molecule has 0 aliphatic carbocycles. The predicted octanol–water partition coefficient (Wildman–Crippen LogP) is 1.44. The molecule has 0 aromatic heterocycles. The third-order valence-electron chi connectivity index (χ3n) is 3.29. The quantitative estimate of drug-likeness (QED) is 0.660. The summed E-state index contributed by atoms with van der Waals surface area (Å²) in [6, 6.07) is 4.80. The second-order valence-corrected chi connectivity index (χ2v) is 5.25. The summed E-state index contributed by atoms with van der Waals surface area (Å²) in [5, 5.41) is 11.5. The molecule has 8 heteroatoms. The van der Waals surface area contributed by atoms with Crippen LogP contribution in [-0.4, -0.2) is 63.0 Å². The van der Waals surface area contributed by atoms with Gasteiger partial charge in [-0.15, -0.1) is 0 Å². The molecular weight excluding hydrogens is 316 g/mol. The SMILES string of the molecule is COc1cc(OC)cc(OCCNC(=O)N(C)CC(C)C(=O)O)c1. The van der Waals surface area contributed by atoms with Crippen LogP contribution in [0.1, 0.15) is 6.92 Å². The Balaban J connectivity index is 2.40. The summed E-state index contributed by atoms with van der Waals surface area (Å²) in [5.74, 6) is 0.214. The van der Waals surface area contributed by atoms with Crippen molar-refractivity contribution in [1.82, 2.24) is 10.2 Å². The van der Waals surface area contributed by atoms with Crippen molar-refractivity contribution >= 4 is 12.0 Å². The number of methoxy groups -OCH3 is 2. The Morgan fingerprint density at radius 2 is 1.71 bits per heavy atom. The largest absolute Gasteiger partial charge is 0.496 e. The fourth-order valence-corrected chi connectivity index (χ4v) is 1.90. The Labute approximate surface area is 141 Å². The van der Waals surface area contributed by atoms with Crippen LogP contribution in [0.2, 0.25) is 0 Å². The van der Waals surface area contributed by atoms with E-state index in [4.69, 9.17) is 19.3 Å². The molecule has 0 spiro atoms. The molecular formula is C16H24N2O6. The molecule has 8 nitrogen and oxygen atoms in total. The normalized spacial score (nSPS) is 11.3. The third kappa shape index (κ3) is 6.23. The molecule has 0 bridgehead atoms. The molecule has 0 heterocycles. The van der Waals surface area contributed by atoms with E-state index in [0.717, 1.165) is 0 Å². The highest BCUT2D eigenvalue weighted by Gasteiger charge is 2.16. The number of aliphatic carboxylic acids is 1. The molecule has 0 aliphatic rings. The van der Waals surface area contributed by atoms with E-state index < -0.39 is 11.9 Å². The topological polar surface area (TPSA) is 97.3 Å². The zero-order chi connectivity index (χ0) is 18.1. The molecule has 24 heavy (non-hydrogen) atoms. The first kappa shape index (κ1) is 19.4. The molecule has 2 N–H and O–H groups in total. The molecule has 0 radical (unpaired) electrons. The predicted molar refractivity (Wildman–Crippen MR) is 87.9 cm³/mol. The van der Waals surface area contributed by atoms with Gasteiger partial charge in [-0.1, -0.05) is 6.92 Å². The van der Waals surface area contributed by atoms with Gasteiger partial charge in [0.05, 0.1) is 26.7 Å². The first-order valence-electron chi connectivity index (χ1n) is 7.45. The van der Waals surface area contributed by atoms with Gasteiger partial charge in [0.25, 0.3) is 0 Å². The van der Waals surface area contributed by atoms with Crippen molar-refractivity contribution in [1.29, 1.82) is 0 Å². The smallest absolute Gasteiger partial charge is 0.317 e. The number of nitrogens with zero attached hydrogens (tertiary/aromatic N) is 1. The Kier molecular flexibility index (Phi) is 7.67. The number of amides is 2. The molecule has 0 saturated carbocycles. The Morgan fingerprint density at radius 1 is 1.17 bits per heavy atom. The summed E-state index contributed by atoms with van der Waals surface area (Å²) in [5.41, 5.74) is 0. The number of hydrogen-bond donors (Lipinski definition) is 2. The monoisotopic (exact) mass is 340 g/mol. The van der Waals surface area contributed by atoms with Gasteiger partial charge in [-0.05, 0) is 0 Å². The number of benzene rings is 1. The number of hydrogen-bond acceptors (Lipinski definition) is 5. The van der Waals surface area contributed by atoms with Crippen LogP contribution in [0.25, 0.3) is 0 Å². The van der Waals surface area contributed by atoms with Gasteiger partial charge in [-0.25, -0.2) is 4.79 Å². The van der Waals surface area contributed by atoms with E-state index >= 15 is 0 Å². The van der Waals surface area contributed by atoms with Crippen molar-refractivity contribution in [2.75, 3.05) is 41.0 Å². The molecule has 1 aromatic carbocycles. The lowest BCUT2D eigenvalue weighted by atomic mass is 10.2. The minimum Gasteiger partial charge on any atom is -0.496 e. The van der Waals surface area contributed by atoms with Crippen molar-refractivity contribution in [3.63, 3.8) is 0 Å². The van der Waals surface area contributed by atoms with Crippen LogP contribution in [0.15, 0.2) is 18.2 Å². The second kappa shape index (κ2) is 9.49. The summed E-state index contributed by atoms with van der Waals surface area (Å²) >= 11 is 0. The number of carboxylic acids is 1. The van der Waals surface area contributed by atoms with Gasteiger partial charge in [0.2, 0.25) is 0 Å². The number of ether oxygens (including phenoxy) is 3. The van der Waals surface area contributed by atoms with Crippen LogP contribution in [0.5, 0.6) is 17.2 Å². The second-order valence-electron chi connectivity index (χ2n) is 5.25. The van der Waals surface area contributed by atoms with E-state index in [1.165, 1.54) is 4.90 Å². The van der Waals surface area contributed by atoms with Crippen molar-refractivity contribution in [3.8, 4) is 17.2 Å². The number of carbonyl (C=O) groups excluding carboxylic acids is 1. The highest BCUT2D eigenvalue weighted by atomic mass is 16.5. The van der Waals surface area contributed by atoms with Gasteiger partial charge in [0.15, 0.2) is 0 Å². The van der Waals surface area contributed by atoms with E-state index in [0.29, 0.717) is 17.2 Å². The van der Waals surface area contributed by atoms with Crippen molar-refractivity contribution in [2.45, 2.75) is 6.92 Å². The van der Waals surface area contributed by atoms with Gasteiger partial charge in [0.1, 0.15) is 23.9 Å². The highest BCUT2D eigenvalue weighted by Crippen LogP contribution is 2.27. The Morgan fingerprint density at radius 3 is 2.21 bits per heavy atom. The highest BCUT2D eigenvalue weighted by molar-refractivity contribution is 5.75. The third-order valence-corrected chi connectivity index (χ3v) is 3.29. The lowest BCUT2D eigenvalue weighted by Crippen LogP contribution is -2.42. The van der Waals surface area contributed by atoms with Crippen molar-refractivity contribution in [3.05, 3.63) is 18.2 Å². The van der Waals surface area contributed by atoms with E-state index in [9.17, 15) is 9.59 Å². The first-order chi connectivity index (χ1) is 11.4. The average Bonchev–Trinajstić information content (AvgIpc) is 2.57. The van der Waals surface area contributed by atoms with Gasteiger partial charge in [-0.2, -0.15) is 0 Å². The summed E-state index contributed by atoms with van der Waals surface area (Å²) in [4.78, 5) is 23.9. The zero-order valence-corrected chi connectivity index (χ0v) is 14.4. The van der Waals surface area contributed by atoms with E-state index in [-0.39, 0.29) is 25.7 Å². The molecule has 1 unspecified atom stereocenters. The van der Waals surface area contributed by atoms with Crippen LogP contribution in [0.4, 0.5) is 4.79 Å². The maximum Gasteiger partial charge on any atom is 0.317 e. The fraction of sp³-hybridized carbons (Fsp3) is 0.500. The first-order valence-corrected chi connectivity index (χ1v) is 7.45. The van der Waals surface area contributed by atoms with Gasteiger partial charge < -0.3 is 29.5 Å². The average molecular weight is 340 g/mol. The van der Waals surface area contributed by atoms with Crippen LogP contribution < -0.4 is 19.5 Å². The standard InChI is InChI=1S/C16H24N2O6/c1-11(15(19)20)10-18(2)16(21)17-5-6-24-14-8-12(22-3)7-13(9-14)23-4/h7-9,11H,5-6,10H2,1-4H3,(H,17,21)(H,19,20). The maximum atomic E-state index is 11.8. The summed E-state index contributed by atoms with van der Waals surface area (Å²) in [6.45, 7) is 2.22. The van der Waals surface area contributed by atoms with E-state index in [1.807, 2.05) is 0 Å². The molecule has 2 amide bonds. The summed E-state index contributed by atoms with van der Waals surface area (Å²) in [6.07, 6.45) is 0. The minimum absolute atomic E-state index is 0.134. The number of rotatable bonds is 9. The Bertz CT molecular complexity index is 541. The summed E-state index contributed by atoms with van der Waals surface area (Å²) < 4.78 is 15.8. The number of urea groups is 1. The van der Waals surface area contributed by atoms with Gasteiger partial charge >= 0.3 is 12.0 Å². The molecule has 134 valence electrons. The van der Waals surface area contributed by atoms with E-state index in [1.54, 1.807) is 46.4 Å². The number of carboxylic acid groups (broad SMARTS) is 1. The van der Waals surface area contributed by atoms with E-state index in [2.05, 4.69) is 5.32 Å². The van der Waals surface area contributed by atoms with Crippen LogP contribution in [0.3, 0.4) is 0 Å². The number of nitrogens with one attached hydrogen (secondary N) is 1. The van der Waals surface area contributed by atoms with Crippen molar-refractivity contribution in [2.24, 2.45) is 5.92 Å². The number of carbonyl (C=O) groups is 2. The molecule has 1 rings (SSSR count). The minimum atomic E-state index is -0.940. The molecule has 0 aliphatic heterocycles. The zero-order valence-electron chi connectivity index (χ0n) is 14.4. The van der Waals surface area contributed by atoms with Crippen LogP contribution in [0, 0.1) is 5.92 Å². The maximum absolute atomic E-state index is 11.8. The molecule has 1 atom stereocenters. The fourth-order valence-electron chi connectivity index (χ4n) is 1.90. The lowest BCUT2D eigenvalue weighted by molar-refractivity contribution is -0.141. The van der Waals surface area contributed by atoms with Crippen molar-refractivity contribution < 1.29 is 28.9 Å². The molecule has 1 aromatic rings. The van der Waals surface area contributed by atoms with Crippen LogP contribution in [-0.2, 0) is 4.79 Å². The molecule has 0 fully saturated rings. The van der Waals surface area contributed by atoms with Crippen LogP contribution >= 0.6 is 0 Å². The summed E-state index contributed by atoms with van der Waals surface area (Å²) in [7, 11) is 4.64.